The van der Waals surface area contributed by atoms with Crippen LogP contribution in [0.5, 0.6) is 0 Å². The molecule has 0 bridgehead atoms. The van der Waals surface area contributed by atoms with Gasteiger partial charge in [-0.3, -0.25) is 4.79 Å². The van der Waals surface area contributed by atoms with Crippen LogP contribution in [0, 0.1) is 6.92 Å². The Balaban J connectivity index is 2.43. The van der Waals surface area contributed by atoms with Crippen molar-refractivity contribution < 1.29 is 13.2 Å². The van der Waals surface area contributed by atoms with E-state index in [1.54, 1.807) is 37.3 Å². The summed E-state index contributed by atoms with van der Waals surface area (Å²) >= 11 is 0. The van der Waals surface area contributed by atoms with Crippen molar-refractivity contribution in [2.75, 3.05) is 0 Å². The Hall–Kier alpha value is -2.40. The van der Waals surface area contributed by atoms with Gasteiger partial charge in [0.25, 0.3) is 10.0 Å². The first-order valence-electron chi connectivity index (χ1n) is 6.43. The summed E-state index contributed by atoms with van der Waals surface area (Å²) in [5.41, 5.74) is 1.35. The highest BCUT2D eigenvalue weighted by atomic mass is 32.2. The summed E-state index contributed by atoms with van der Waals surface area (Å²) in [6.45, 7) is 1.75. The van der Waals surface area contributed by atoms with Crippen LogP contribution in [0.2, 0.25) is 0 Å². The molecule has 21 heavy (non-hydrogen) atoms. The predicted octanol–water partition coefficient (Wildman–Crippen LogP) is 3.00. The number of benzene rings is 2. The highest BCUT2D eigenvalue weighted by Gasteiger charge is 2.24. The molecule has 0 saturated carbocycles. The maximum atomic E-state index is 12.8. The van der Waals surface area contributed by atoms with Crippen molar-refractivity contribution in [1.82, 2.24) is 3.97 Å². The normalized spacial score (nSPS) is 11.7. The van der Waals surface area contributed by atoms with E-state index < -0.39 is 10.0 Å². The number of carbonyl (C=O) groups excluding carboxylic acids is 1. The summed E-state index contributed by atoms with van der Waals surface area (Å²) in [5.74, 6) is 0. The minimum absolute atomic E-state index is 0.161. The van der Waals surface area contributed by atoms with Crippen molar-refractivity contribution in [3.05, 3.63) is 65.9 Å². The van der Waals surface area contributed by atoms with E-state index in [1.165, 1.54) is 12.1 Å². The number of hydrogen-bond acceptors (Lipinski definition) is 3. The Morgan fingerprint density at radius 2 is 1.57 bits per heavy atom. The lowest BCUT2D eigenvalue weighted by molar-refractivity contribution is 0.111. The van der Waals surface area contributed by atoms with Gasteiger partial charge in [0, 0.05) is 5.39 Å². The number of aromatic nitrogens is 1. The lowest BCUT2D eigenvalue weighted by atomic mass is 10.2. The summed E-state index contributed by atoms with van der Waals surface area (Å²) in [7, 11) is -3.80. The van der Waals surface area contributed by atoms with Gasteiger partial charge in [-0.25, -0.2) is 12.4 Å². The Labute approximate surface area is 122 Å². The minimum Gasteiger partial charge on any atom is -0.296 e. The van der Waals surface area contributed by atoms with Gasteiger partial charge in [0.2, 0.25) is 0 Å². The molecule has 0 aliphatic rings. The number of carbonyl (C=O) groups is 1. The zero-order valence-corrected chi connectivity index (χ0v) is 12.2. The molecular weight excluding hydrogens is 286 g/mol. The first kappa shape index (κ1) is 13.6. The summed E-state index contributed by atoms with van der Waals surface area (Å²) < 4.78 is 26.8. The van der Waals surface area contributed by atoms with Gasteiger partial charge in [0.1, 0.15) is 5.69 Å². The molecule has 0 fully saturated rings. The summed E-state index contributed by atoms with van der Waals surface area (Å²) in [5, 5.41) is 0.763. The van der Waals surface area contributed by atoms with E-state index in [1.807, 2.05) is 12.1 Å². The van der Waals surface area contributed by atoms with Crippen LogP contribution < -0.4 is 0 Å². The Kier molecular flexibility index (Phi) is 3.14. The Bertz CT molecular complexity index is 925. The molecule has 5 heteroatoms. The van der Waals surface area contributed by atoms with Crippen LogP contribution in [-0.2, 0) is 10.0 Å². The van der Waals surface area contributed by atoms with Crippen LogP contribution >= 0.6 is 0 Å². The molecule has 0 saturated heterocycles. The second-order valence-electron chi connectivity index (χ2n) is 4.73. The highest BCUT2D eigenvalue weighted by molar-refractivity contribution is 7.90. The van der Waals surface area contributed by atoms with Gasteiger partial charge in [0.05, 0.1) is 10.4 Å². The average Bonchev–Trinajstić information content (AvgIpc) is 2.81. The number of aldehydes is 1. The van der Waals surface area contributed by atoms with E-state index in [0.29, 0.717) is 17.4 Å². The van der Waals surface area contributed by atoms with Gasteiger partial charge < -0.3 is 0 Å². The molecule has 0 aliphatic heterocycles. The third-order valence-electron chi connectivity index (χ3n) is 3.52. The third kappa shape index (κ3) is 1.97. The van der Waals surface area contributed by atoms with Crippen molar-refractivity contribution in [2.24, 2.45) is 0 Å². The number of aryl methyl sites for hydroxylation is 1. The van der Waals surface area contributed by atoms with E-state index in [-0.39, 0.29) is 10.6 Å². The van der Waals surface area contributed by atoms with Gasteiger partial charge in [-0.1, -0.05) is 36.4 Å². The lowest BCUT2D eigenvalue weighted by Gasteiger charge is -2.09. The summed E-state index contributed by atoms with van der Waals surface area (Å²) in [6, 6.07) is 15.2. The van der Waals surface area contributed by atoms with Crippen LogP contribution in [0.4, 0.5) is 0 Å². The second-order valence-corrected chi connectivity index (χ2v) is 6.51. The molecule has 0 unspecified atom stereocenters. The molecule has 0 amide bonds. The molecule has 106 valence electrons. The topological polar surface area (TPSA) is 56.1 Å². The molecule has 2 aromatic carbocycles. The molecular formula is C16H13NO3S. The van der Waals surface area contributed by atoms with Crippen LogP contribution in [0.25, 0.3) is 10.9 Å². The van der Waals surface area contributed by atoms with Crippen molar-refractivity contribution in [3.63, 3.8) is 0 Å². The molecule has 0 radical (unpaired) electrons. The van der Waals surface area contributed by atoms with Crippen molar-refractivity contribution >= 4 is 27.2 Å². The highest BCUT2D eigenvalue weighted by Crippen LogP contribution is 2.28. The van der Waals surface area contributed by atoms with Crippen molar-refractivity contribution in [1.29, 1.82) is 0 Å². The Morgan fingerprint density at radius 1 is 0.952 bits per heavy atom. The predicted molar refractivity (Wildman–Crippen MR) is 81.1 cm³/mol. The van der Waals surface area contributed by atoms with E-state index in [2.05, 4.69) is 0 Å². The maximum Gasteiger partial charge on any atom is 0.268 e. The number of rotatable bonds is 3. The molecule has 1 aromatic heterocycles. The third-order valence-corrected chi connectivity index (χ3v) is 5.26. The van der Waals surface area contributed by atoms with Gasteiger partial charge in [0.15, 0.2) is 6.29 Å². The molecule has 4 nitrogen and oxygen atoms in total. The van der Waals surface area contributed by atoms with E-state index in [4.69, 9.17) is 0 Å². The zero-order chi connectivity index (χ0) is 15.0. The minimum atomic E-state index is -3.80. The van der Waals surface area contributed by atoms with Crippen LogP contribution in [-0.4, -0.2) is 18.7 Å². The van der Waals surface area contributed by atoms with Gasteiger partial charge in [-0.05, 0) is 30.7 Å². The van der Waals surface area contributed by atoms with Crippen LogP contribution in [0.3, 0.4) is 0 Å². The Morgan fingerprint density at radius 3 is 2.24 bits per heavy atom. The fourth-order valence-corrected chi connectivity index (χ4v) is 4.05. The summed E-state index contributed by atoms with van der Waals surface area (Å²) in [4.78, 5) is 11.6. The van der Waals surface area contributed by atoms with E-state index in [0.717, 1.165) is 9.36 Å². The summed E-state index contributed by atoms with van der Waals surface area (Å²) in [6.07, 6.45) is 0.593. The van der Waals surface area contributed by atoms with Gasteiger partial charge in [-0.2, -0.15) is 0 Å². The van der Waals surface area contributed by atoms with Crippen molar-refractivity contribution in [2.45, 2.75) is 11.8 Å². The molecule has 0 N–H and O–H groups in total. The fourth-order valence-electron chi connectivity index (χ4n) is 2.48. The number of hydrogen-bond donors (Lipinski definition) is 0. The average molecular weight is 299 g/mol. The van der Waals surface area contributed by atoms with Crippen molar-refractivity contribution in [3.8, 4) is 0 Å². The largest absolute Gasteiger partial charge is 0.296 e. The lowest BCUT2D eigenvalue weighted by Crippen LogP contribution is -2.15. The smallest absolute Gasteiger partial charge is 0.268 e. The fraction of sp³-hybridized carbons (Fsp3) is 0.0625. The first-order chi connectivity index (χ1) is 10.1. The van der Waals surface area contributed by atoms with Gasteiger partial charge >= 0.3 is 0 Å². The molecule has 3 aromatic rings. The number of fused-ring (bicyclic) bond motifs is 1. The SMILES string of the molecule is Cc1c(C=O)n(S(=O)(=O)c2ccccc2)c2ccccc12. The number of nitrogens with zero attached hydrogens (tertiary/aromatic N) is 1. The molecule has 0 spiro atoms. The quantitative estimate of drug-likeness (QED) is 0.699. The first-order valence-corrected chi connectivity index (χ1v) is 7.87. The van der Waals surface area contributed by atoms with Gasteiger partial charge in [-0.15, -0.1) is 0 Å². The maximum absolute atomic E-state index is 12.8. The van der Waals surface area contributed by atoms with Crippen LogP contribution in [0.15, 0.2) is 59.5 Å². The number of para-hydroxylation sites is 1. The zero-order valence-electron chi connectivity index (χ0n) is 11.4. The molecule has 3 rings (SSSR count). The van der Waals surface area contributed by atoms with E-state index >= 15 is 0 Å². The second kappa shape index (κ2) is 4.86. The molecule has 0 aliphatic carbocycles. The molecule has 0 atom stereocenters. The molecule has 1 heterocycles. The van der Waals surface area contributed by atoms with E-state index in [9.17, 15) is 13.2 Å². The standard InChI is InChI=1S/C16H13NO3S/c1-12-14-9-5-6-10-15(14)17(16(12)11-18)21(19,20)13-7-3-2-4-8-13/h2-11H,1H3. The monoisotopic (exact) mass is 299 g/mol. The van der Waals surface area contributed by atoms with Crippen LogP contribution in [0.1, 0.15) is 16.1 Å².